The highest BCUT2D eigenvalue weighted by atomic mass is 35.5. The third-order valence-corrected chi connectivity index (χ3v) is 1.67. The van der Waals surface area contributed by atoms with E-state index >= 15 is 0 Å². The van der Waals surface area contributed by atoms with Crippen molar-refractivity contribution in [2.45, 2.75) is 12.5 Å². The smallest absolute Gasteiger partial charge is 0.0641 e. The second-order valence-corrected chi connectivity index (χ2v) is 2.84. The van der Waals surface area contributed by atoms with Gasteiger partial charge in [-0.2, -0.15) is 5.26 Å². The summed E-state index contributed by atoms with van der Waals surface area (Å²) in [5.74, 6) is 0. The lowest BCUT2D eigenvalue weighted by molar-refractivity contribution is 0.744. The molecule has 0 amide bonds. The predicted molar refractivity (Wildman–Crippen MR) is 46.4 cm³/mol. The fraction of sp³-hybridized carbons (Fsp3) is 0.250. The zero-order chi connectivity index (χ0) is 8.97. The summed E-state index contributed by atoms with van der Waals surface area (Å²) in [6.07, 6.45) is 3.43. The lowest BCUT2D eigenvalue weighted by Crippen LogP contribution is -2.09. The van der Waals surface area contributed by atoms with Gasteiger partial charge >= 0.3 is 0 Å². The average molecular weight is 182 g/mol. The third-order valence-electron chi connectivity index (χ3n) is 1.47. The van der Waals surface area contributed by atoms with Crippen LogP contribution in [0, 0.1) is 11.3 Å². The quantitative estimate of drug-likeness (QED) is 0.755. The first-order valence-electron chi connectivity index (χ1n) is 3.47. The van der Waals surface area contributed by atoms with Crippen LogP contribution in [0.1, 0.15) is 18.0 Å². The van der Waals surface area contributed by atoms with Gasteiger partial charge in [-0.25, -0.2) is 0 Å². The highest BCUT2D eigenvalue weighted by Crippen LogP contribution is 2.15. The molecule has 4 heteroatoms. The fourth-order valence-electron chi connectivity index (χ4n) is 0.847. The van der Waals surface area contributed by atoms with E-state index in [0.717, 1.165) is 5.56 Å². The molecule has 1 aromatic rings. The minimum absolute atomic E-state index is 0.280. The van der Waals surface area contributed by atoms with Crippen LogP contribution in [0.2, 0.25) is 5.02 Å². The maximum atomic E-state index is 8.38. The molecule has 3 nitrogen and oxygen atoms in total. The summed E-state index contributed by atoms with van der Waals surface area (Å²) < 4.78 is 0. The molecule has 0 radical (unpaired) electrons. The zero-order valence-corrected chi connectivity index (χ0v) is 7.12. The Morgan fingerprint density at radius 2 is 2.42 bits per heavy atom. The number of nitrogens with zero attached hydrogens (tertiary/aromatic N) is 2. The molecule has 0 saturated heterocycles. The summed E-state index contributed by atoms with van der Waals surface area (Å²) >= 11 is 5.69. The van der Waals surface area contributed by atoms with Crippen molar-refractivity contribution in [2.24, 2.45) is 5.73 Å². The summed E-state index contributed by atoms with van der Waals surface area (Å²) in [6, 6.07) is 3.42. The molecule has 0 aromatic carbocycles. The summed E-state index contributed by atoms with van der Waals surface area (Å²) in [5.41, 5.74) is 6.45. The topological polar surface area (TPSA) is 62.7 Å². The van der Waals surface area contributed by atoms with Gasteiger partial charge in [-0.15, -0.1) is 0 Å². The normalized spacial score (nSPS) is 12.1. The Bertz CT molecular complexity index is 305. The van der Waals surface area contributed by atoms with Crippen LogP contribution >= 0.6 is 11.6 Å². The number of hydrogen-bond acceptors (Lipinski definition) is 3. The van der Waals surface area contributed by atoms with Crippen molar-refractivity contribution < 1.29 is 0 Å². The monoisotopic (exact) mass is 181 g/mol. The lowest BCUT2D eigenvalue weighted by Gasteiger charge is -2.06. The maximum absolute atomic E-state index is 8.38. The minimum Gasteiger partial charge on any atom is -0.323 e. The molecule has 1 rings (SSSR count). The molecule has 1 heterocycles. The van der Waals surface area contributed by atoms with Crippen molar-refractivity contribution >= 4 is 11.6 Å². The van der Waals surface area contributed by atoms with Crippen LogP contribution in [0.4, 0.5) is 0 Å². The van der Waals surface area contributed by atoms with E-state index in [1.807, 2.05) is 6.07 Å². The molecule has 0 spiro atoms. The number of nitrogens with two attached hydrogens (primary N) is 1. The number of aromatic nitrogens is 1. The van der Waals surface area contributed by atoms with Crippen LogP contribution in [0.25, 0.3) is 0 Å². The molecule has 12 heavy (non-hydrogen) atoms. The number of halogens is 1. The Morgan fingerprint density at radius 1 is 1.67 bits per heavy atom. The Balaban J connectivity index is 2.82. The van der Waals surface area contributed by atoms with Gasteiger partial charge in [-0.05, 0) is 11.6 Å². The Morgan fingerprint density at radius 3 is 3.00 bits per heavy atom. The summed E-state index contributed by atoms with van der Waals surface area (Å²) in [4.78, 5) is 3.87. The molecule has 0 saturated carbocycles. The highest BCUT2D eigenvalue weighted by Gasteiger charge is 2.05. The van der Waals surface area contributed by atoms with Crippen molar-refractivity contribution in [1.82, 2.24) is 4.98 Å². The molecule has 0 aliphatic carbocycles. The van der Waals surface area contributed by atoms with Crippen molar-refractivity contribution in [3.63, 3.8) is 0 Å². The lowest BCUT2D eigenvalue weighted by atomic mass is 10.1. The van der Waals surface area contributed by atoms with Crippen LogP contribution in [-0.2, 0) is 0 Å². The van der Waals surface area contributed by atoms with Crippen LogP contribution in [0.5, 0.6) is 0 Å². The van der Waals surface area contributed by atoms with Gasteiger partial charge in [0, 0.05) is 18.4 Å². The number of rotatable bonds is 2. The number of pyridine rings is 1. The molecule has 0 bridgehead atoms. The minimum atomic E-state index is -0.291. The van der Waals surface area contributed by atoms with Crippen LogP contribution < -0.4 is 5.73 Å². The largest absolute Gasteiger partial charge is 0.323 e. The van der Waals surface area contributed by atoms with Crippen LogP contribution in [0.3, 0.4) is 0 Å². The van der Waals surface area contributed by atoms with E-state index in [1.54, 1.807) is 12.3 Å². The molecule has 0 unspecified atom stereocenters. The van der Waals surface area contributed by atoms with E-state index in [9.17, 15) is 0 Å². The number of nitriles is 1. The van der Waals surface area contributed by atoms with E-state index < -0.39 is 0 Å². The predicted octanol–water partition coefficient (Wildman–Crippen LogP) is 1.65. The van der Waals surface area contributed by atoms with Crippen molar-refractivity contribution in [3.05, 3.63) is 29.0 Å². The SMILES string of the molecule is N#CC[C@@H](N)c1cncc(Cl)c1. The first-order valence-corrected chi connectivity index (χ1v) is 3.85. The third kappa shape index (κ3) is 2.19. The van der Waals surface area contributed by atoms with Gasteiger partial charge < -0.3 is 5.73 Å². The molecule has 1 atom stereocenters. The second kappa shape index (κ2) is 4.05. The van der Waals surface area contributed by atoms with Crippen LogP contribution in [-0.4, -0.2) is 4.98 Å². The van der Waals surface area contributed by atoms with Crippen LogP contribution in [0.15, 0.2) is 18.5 Å². The molecule has 0 fully saturated rings. The van der Waals surface area contributed by atoms with Gasteiger partial charge in [-0.3, -0.25) is 4.98 Å². The molecule has 1 aromatic heterocycles. The summed E-state index contributed by atoms with van der Waals surface area (Å²) in [7, 11) is 0. The van der Waals surface area contributed by atoms with E-state index in [1.165, 1.54) is 6.20 Å². The van der Waals surface area contributed by atoms with E-state index in [-0.39, 0.29) is 12.5 Å². The molecular weight excluding hydrogens is 174 g/mol. The first kappa shape index (κ1) is 8.98. The van der Waals surface area contributed by atoms with Gasteiger partial charge in [0.05, 0.1) is 17.5 Å². The number of hydrogen-bond donors (Lipinski definition) is 1. The van der Waals surface area contributed by atoms with Crippen molar-refractivity contribution in [3.8, 4) is 6.07 Å². The second-order valence-electron chi connectivity index (χ2n) is 2.41. The molecule has 0 aliphatic rings. The van der Waals surface area contributed by atoms with E-state index in [0.29, 0.717) is 5.02 Å². The van der Waals surface area contributed by atoms with Gasteiger partial charge in [0.2, 0.25) is 0 Å². The van der Waals surface area contributed by atoms with E-state index in [2.05, 4.69) is 4.98 Å². The first-order chi connectivity index (χ1) is 5.74. The fourth-order valence-corrected chi connectivity index (χ4v) is 1.03. The summed E-state index contributed by atoms with van der Waals surface area (Å²) in [6.45, 7) is 0. The molecule has 2 N–H and O–H groups in total. The zero-order valence-electron chi connectivity index (χ0n) is 6.37. The molecule has 0 aliphatic heterocycles. The van der Waals surface area contributed by atoms with Gasteiger partial charge in [0.1, 0.15) is 0 Å². The van der Waals surface area contributed by atoms with Gasteiger partial charge in [0.25, 0.3) is 0 Å². The molecular formula is C8H8ClN3. The van der Waals surface area contributed by atoms with Gasteiger partial charge in [-0.1, -0.05) is 11.6 Å². The molecule has 62 valence electrons. The highest BCUT2D eigenvalue weighted by molar-refractivity contribution is 6.30. The Kier molecular flexibility index (Phi) is 3.03. The van der Waals surface area contributed by atoms with E-state index in [4.69, 9.17) is 22.6 Å². The average Bonchev–Trinajstić information content (AvgIpc) is 2.05. The van der Waals surface area contributed by atoms with Crippen molar-refractivity contribution in [1.29, 1.82) is 5.26 Å². The Labute approximate surface area is 75.8 Å². The Hall–Kier alpha value is -1.11. The van der Waals surface area contributed by atoms with Crippen molar-refractivity contribution in [2.75, 3.05) is 0 Å². The van der Waals surface area contributed by atoms with Gasteiger partial charge in [0.15, 0.2) is 0 Å². The standard InChI is InChI=1S/C8H8ClN3/c9-7-3-6(4-12-5-7)8(11)1-2-10/h3-5,8H,1,11H2/t8-/m1/s1. The summed E-state index contributed by atoms with van der Waals surface area (Å²) in [5, 5.41) is 8.93. The maximum Gasteiger partial charge on any atom is 0.0641 e.